The van der Waals surface area contributed by atoms with Crippen LogP contribution in [0.4, 0.5) is 0 Å². The van der Waals surface area contributed by atoms with Gasteiger partial charge in [-0.05, 0) is 53.8 Å². The third-order valence-corrected chi connectivity index (χ3v) is 6.24. The smallest absolute Gasteiger partial charge is 0.242 e. The van der Waals surface area contributed by atoms with E-state index in [1.807, 2.05) is 73.7 Å². The largest absolute Gasteiger partial charge is 0.357 e. The summed E-state index contributed by atoms with van der Waals surface area (Å²) in [6.07, 6.45) is 0.704. The number of benzene rings is 3. The van der Waals surface area contributed by atoms with Gasteiger partial charge in [0.05, 0.1) is 6.42 Å². The van der Waals surface area contributed by atoms with Crippen molar-refractivity contribution in [1.82, 2.24) is 10.2 Å². The number of aryl methyl sites for hydroxylation is 2. The summed E-state index contributed by atoms with van der Waals surface area (Å²) >= 11 is 3.46. The first-order valence-electron chi connectivity index (χ1n) is 10.7. The second-order valence-electron chi connectivity index (χ2n) is 8.06. The maximum Gasteiger partial charge on any atom is 0.242 e. The van der Waals surface area contributed by atoms with Crippen molar-refractivity contribution in [2.45, 2.75) is 39.3 Å². The lowest BCUT2D eigenvalue weighted by molar-refractivity contribution is -0.140. The number of amides is 2. The molecule has 3 rings (SSSR count). The number of nitrogens with one attached hydrogen (secondary N) is 1. The van der Waals surface area contributed by atoms with Crippen molar-refractivity contribution in [3.05, 3.63) is 105 Å². The normalized spacial score (nSPS) is 11.6. The van der Waals surface area contributed by atoms with Gasteiger partial charge in [0.1, 0.15) is 6.04 Å². The van der Waals surface area contributed by atoms with Crippen LogP contribution in [0.2, 0.25) is 0 Å². The van der Waals surface area contributed by atoms with Crippen LogP contribution in [0.1, 0.15) is 27.8 Å². The highest BCUT2D eigenvalue weighted by molar-refractivity contribution is 9.10. The highest BCUT2D eigenvalue weighted by Gasteiger charge is 2.29. The minimum atomic E-state index is -0.606. The molecular weight excluding hydrogens is 464 g/mol. The Morgan fingerprint density at radius 2 is 1.53 bits per heavy atom. The van der Waals surface area contributed by atoms with Crippen LogP contribution in [0.25, 0.3) is 0 Å². The third-order valence-electron chi connectivity index (χ3n) is 5.71. The van der Waals surface area contributed by atoms with E-state index in [1.54, 1.807) is 11.9 Å². The summed E-state index contributed by atoms with van der Waals surface area (Å²) < 4.78 is 0.974. The second-order valence-corrected chi connectivity index (χ2v) is 8.98. The molecule has 0 saturated heterocycles. The minimum absolute atomic E-state index is 0.0688. The van der Waals surface area contributed by atoms with Gasteiger partial charge in [0.2, 0.25) is 11.8 Å². The zero-order chi connectivity index (χ0) is 23.1. The Bertz CT molecular complexity index is 1060. The Hall–Kier alpha value is -2.92. The molecule has 0 aliphatic rings. The molecular formula is C27H29BrN2O2. The third kappa shape index (κ3) is 6.30. The summed E-state index contributed by atoms with van der Waals surface area (Å²) in [5.41, 5.74) is 5.29. The Balaban J connectivity index is 1.93. The second kappa shape index (κ2) is 11.1. The number of hydrogen-bond donors (Lipinski definition) is 1. The Morgan fingerprint density at radius 1 is 0.875 bits per heavy atom. The molecule has 0 radical (unpaired) electrons. The van der Waals surface area contributed by atoms with Crippen molar-refractivity contribution < 1.29 is 9.59 Å². The van der Waals surface area contributed by atoms with Gasteiger partial charge in [-0.25, -0.2) is 0 Å². The average Bonchev–Trinajstić information content (AvgIpc) is 2.80. The predicted molar refractivity (Wildman–Crippen MR) is 132 cm³/mol. The monoisotopic (exact) mass is 492 g/mol. The number of nitrogens with zero attached hydrogens (tertiary/aromatic N) is 1. The molecule has 0 spiro atoms. The molecule has 0 bridgehead atoms. The SMILES string of the molecule is CNC(=O)C(Cc1ccccc1)N(Cc1ccc(Br)cc1)C(=O)Cc1ccc(C)c(C)c1. The molecule has 0 aliphatic carbocycles. The maximum absolute atomic E-state index is 13.6. The van der Waals surface area contributed by atoms with Crippen molar-refractivity contribution in [3.63, 3.8) is 0 Å². The fraction of sp³-hybridized carbons (Fsp3) is 0.259. The summed E-state index contributed by atoms with van der Waals surface area (Å²) in [6.45, 7) is 4.47. The van der Waals surface area contributed by atoms with E-state index in [4.69, 9.17) is 0 Å². The standard InChI is InChI=1S/C27H29BrN2O2/c1-19-9-10-23(15-20(19)2)17-26(31)30(18-22-11-13-24(28)14-12-22)25(27(32)29-3)16-21-7-5-4-6-8-21/h4-15,25H,16-18H2,1-3H3,(H,29,32). The van der Waals surface area contributed by atoms with E-state index in [2.05, 4.69) is 34.2 Å². The topological polar surface area (TPSA) is 49.4 Å². The van der Waals surface area contributed by atoms with E-state index >= 15 is 0 Å². The summed E-state index contributed by atoms with van der Waals surface area (Å²) in [6, 6.07) is 23.2. The van der Waals surface area contributed by atoms with Gasteiger partial charge in [-0.3, -0.25) is 9.59 Å². The molecule has 5 heteroatoms. The molecule has 0 aliphatic heterocycles. The number of rotatable bonds is 8. The maximum atomic E-state index is 13.6. The van der Waals surface area contributed by atoms with Crippen LogP contribution in [0.15, 0.2) is 77.3 Å². The molecule has 0 aromatic heterocycles. The molecule has 3 aromatic carbocycles. The van der Waals surface area contributed by atoms with Crippen LogP contribution in [0, 0.1) is 13.8 Å². The Labute approximate surface area is 198 Å². The first-order chi connectivity index (χ1) is 15.4. The van der Waals surface area contributed by atoms with Gasteiger partial charge in [0.25, 0.3) is 0 Å². The van der Waals surface area contributed by atoms with Crippen molar-refractivity contribution in [2.24, 2.45) is 0 Å². The van der Waals surface area contributed by atoms with E-state index in [0.29, 0.717) is 13.0 Å². The Kier molecular flexibility index (Phi) is 8.23. The zero-order valence-electron chi connectivity index (χ0n) is 18.8. The van der Waals surface area contributed by atoms with Crippen LogP contribution >= 0.6 is 15.9 Å². The molecule has 32 heavy (non-hydrogen) atoms. The highest BCUT2D eigenvalue weighted by Crippen LogP contribution is 2.19. The van der Waals surface area contributed by atoms with Gasteiger partial charge < -0.3 is 10.2 Å². The van der Waals surface area contributed by atoms with Crippen LogP contribution in [-0.2, 0) is 29.0 Å². The number of likely N-dealkylation sites (N-methyl/N-ethyl adjacent to an activating group) is 1. The molecule has 166 valence electrons. The number of hydrogen-bond acceptors (Lipinski definition) is 2. The van der Waals surface area contributed by atoms with Crippen LogP contribution in [0.3, 0.4) is 0 Å². The van der Waals surface area contributed by atoms with E-state index in [0.717, 1.165) is 26.7 Å². The lowest BCUT2D eigenvalue weighted by Crippen LogP contribution is -2.50. The number of carbonyl (C=O) groups excluding carboxylic acids is 2. The van der Waals surface area contributed by atoms with Crippen LogP contribution in [0.5, 0.6) is 0 Å². The zero-order valence-corrected chi connectivity index (χ0v) is 20.4. The number of carbonyl (C=O) groups is 2. The minimum Gasteiger partial charge on any atom is -0.357 e. The van der Waals surface area contributed by atoms with Gasteiger partial charge in [0, 0.05) is 24.5 Å². The fourth-order valence-electron chi connectivity index (χ4n) is 3.70. The molecule has 1 N–H and O–H groups in total. The summed E-state index contributed by atoms with van der Waals surface area (Å²) in [5, 5.41) is 2.76. The molecule has 3 aromatic rings. The van der Waals surface area contributed by atoms with E-state index in [9.17, 15) is 9.59 Å². The van der Waals surface area contributed by atoms with Gasteiger partial charge in [-0.2, -0.15) is 0 Å². The van der Waals surface area contributed by atoms with Crippen molar-refractivity contribution in [2.75, 3.05) is 7.05 Å². The average molecular weight is 493 g/mol. The van der Waals surface area contributed by atoms with Crippen molar-refractivity contribution >= 4 is 27.7 Å². The molecule has 4 nitrogen and oxygen atoms in total. The summed E-state index contributed by atoms with van der Waals surface area (Å²) in [4.78, 5) is 28.2. The summed E-state index contributed by atoms with van der Waals surface area (Å²) in [7, 11) is 1.62. The van der Waals surface area contributed by atoms with E-state index < -0.39 is 6.04 Å². The van der Waals surface area contributed by atoms with Gasteiger partial charge in [-0.15, -0.1) is 0 Å². The van der Waals surface area contributed by atoms with Gasteiger partial charge in [0.15, 0.2) is 0 Å². The van der Waals surface area contributed by atoms with E-state index in [1.165, 1.54) is 5.56 Å². The lowest BCUT2D eigenvalue weighted by Gasteiger charge is -2.31. The first-order valence-corrected chi connectivity index (χ1v) is 11.5. The predicted octanol–water partition coefficient (Wildman–Crippen LogP) is 4.99. The molecule has 2 amide bonds. The highest BCUT2D eigenvalue weighted by atomic mass is 79.9. The number of halogens is 1. The van der Waals surface area contributed by atoms with Gasteiger partial charge in [-0.1, -0.05) is 76.6 Å². The van der Waals surface area contributed by atoms with Crippen LogP contribution < -0.4 is 5.32 Å². The summed E-state index contributed by atoms with van der Waals surface area (Å²) in [5.74, 6) is -0.236. The quantitative estimate of drug-likeness (QED) is 0.481. The molecule has 1 atom stereocenters. The fourth-order valence-corrected chi connectivity index (χ4v) is 3.96. The van der Waals surface area contributed by atoms with Gasteiger partial charge >= 0.3 is 0 Å². The lowest BCUT2D eigenvalue weighted by atomic mass is 10.0. The molecule has 0 fully saturated rings. The van der Waals surface area contributed by atoms with E-state index in [-0.39, 0.29) is 18.2 Å². The molecule has 0 heterocycles. The van der Waals surface area contributed by atoms with Crippen molar-refractivity contribution in [1.29, 1.82) is 0 Å². The van der Waals surface area contributed by atoms with Crippen LogP contribution in [-0.4, -0.2) is 29.8 Å². The molecule has 0 saturated carbocycles. The first kappa shape index (κ1) is 23.7. The molecule has 1 unspecified atom stereocenters. The Morgan fingerprint density at radius 3 is 2.16 bits per heavy atom. The van der Waals surface area contributed by atoms with Crippen molar-refractivity contribution in [3.8, 4) is 0 Å².